The maximum absolute atomic E-state index is 11.6. The van der Waals surface area contributed by atoms with Crippen molar-refractivity contribution in [2.45, 2.75) is 6.61 Å². The lowest BCUT2D eigenvalue weighted by Gasteiger charge is -2.08. The molecule has 0 aliphatic carbocycles. The first kappa shape index (κ1) is 17.9. The van der Waals surface area contributed by atoms with Crippen LogP contribution in [0, 0.1) is 10.1 Å². The number of non-ortho nitro benzene ring substituents is 1. The van der Waals surface area contributed by atoms with Crippen molar-refractivity contribution in [1.29, 1.82) is 0 Å². The van der Waals surface area contributed by atoms with Gasteiger partial charge in [-0.25, -0.2) is 4.79 Å². The number of amides is 2. The average Bonchev–Trinajstić information content (AvgIpc) is 2.61. The fourth-order valence-corrected chi connectivity index (χ4v) is 1.78. The van der Waals surface area contributed by atoms with E-state index >= 15 is 0 Å². The lowest BCUT2D eigenvalue weighted by molar-refractivity contribution is -0.384. The van der Waals surface area contributed by atoms with Gasteiger partial charge in [-0.15, -0.1) is 0 Å². The lowest BCUT2D eigenvalue weighted by atomic mass is 10.2. The topological polar surface area (TPSA) is 120 Å². The van der Waals surface area contributed by atoms with Crippen LogP contribution >= 0.6 is 0 Å². The van der Waals surface area contributed by atoms with Gasteiger partial charge in [-0.05, 0) is 17.7 Å². The van der Waals surface area contributed by atoms with Crippen LogP contribution in [0.1, 0.15) is 5.56 Å². The van der Waals surface area contributed by atoms with Crippen LogP contribution in [-0.2, 0) is 21.0 Å². The number of carbonyl (C=O) groups excluding carboxylic acids is 2. The summed E-state index contributed by atoms with van der Waals surface area (Å²) in [5, 5.41) is 13.0. The monoisotopic (exact) mass is 345 g/mol. The van der Waals surface area contributed by atoms with Gasteiger partial charge in [0.1, 0.15) is 6.61 Å². The Morgan fingerprint density at radius 2 is 1.72 bits per heavy atom. The Labute approximate surface area is 142 Å². The number of ether oxygens (including phenoxy) is 1. The zero-order valence-electron chi connectivity index (χ0n) is 13.0. The van der Waals surface area contributed by atoms with Crippen LogP contribution in [0.25, 0.3) is 0 Å². The number of nitrogens with zero attached hydrogens (tertiary/aromatic N) is 1. The van der Waals surface area contributed by atoms with Gasteiger partial charge in [0.05, 0.1) is 4.92 Å². The first-order valence-corrected chi connectivity index (χ1v) is 7.17. The fraction of sp³-hybridized carbons (Fsp3) is 0.125. The maximum atomic E-state index is 11.6. The van der Waals surface area contributed by atoms with E-state index in [1.54, 1.807) is 12.1 Å². The Morgan fingerprint density at radius 1 is 1.04 bits per heavy atom. The van der Waals surface area contributed by atoms with Crippen LogP contribution < -0.4 is 10.8 Å². The highest BCUT2D eigenvalue weighted by Crippen LogP contribution is 2.15. The summed E-state index contributed by atoms with van der Waals surface area (Å²) in [5.41, 5.74) is 3.08. The molecule has 0 bridgehead atoms. The van der Waals surface area contributed by atoms with Crippen LogP contribution in [0.5, 0.6) is 0 Å². The van der Waals surface area contributed by atoms with Crippen molar-refractivity contribution >= 4 is 23.4 Å². The van der Waals surface area contributed by atoms with Crippen LogP contribution in [0.2, 0.25) is 0 Å². The van der Waals surface area contributed by atoms with E-state index in [1.807, 2.05) is 23.7 Å². The van der Waals surface area contributed by atoms with E-state index in [9.17, 15) is 19.7 Å². The SMILES string of the molecule is O=C(CONC(=O)OCc1ccccc1)Nc1ccc([N+](=O)[O-])cc1. The summed E-state index contributed by atoms with van der Waals surface area (Å²) >= 11 is 0. The minimum absolute atomic E-state index is 0.0744. The van der Waals surface area contributed by atoms with Crippen molar-refractivity contribution in [1.82, 2.24) is 5.48 Å². The van der Waals surface area contributed by atoms with E-state index in [0.29, 0.717) is 5.69 Å². The minimum atomic E-state index is -0.827. The first-order valence-electron chi connectivity index (χ1n) is 7.17. The Kier molecular flexibility index (Phi) is 6.43. The normalized spacial score (nSPS) is 9.92. The number of nitrogens with one attached hydrogen (secondary N) is 2. The summed E-state index contributed by atoms with van der Waals surface area (Å²) in [6.45, 7) is -0.373. The van der Waals surface area contributed by atoms with Crippen molar-refractivity contribution in [3.63, 3.8) is 0 Å². The van der Waals surface area contributed by atoms with Crippen molar-refractivity contribution in [3.8, 4) is 0 Å². The molecule has 0 heterocycles. The average molecular weight is 345 g/mol. The summed E-state index contributed by atoms with van der Waals surface area (Å²) < 4.78 is 4.89. The lowest BCUT2D eigenvalue weighted by Crippen LogP contribution is -2.29. The maximum Gasteiger partial charge on any atom is 0.431 e. The van der Waals surface area contributed by atoms with Gasteiger partial charge in [0.2, 0.25) is 0 Å². The first-order chi connectivity index (χ1) is 12.0. The fourth-order valence-electron chi connectivity index (χ4n) is 1.78. The molecule has 9 nitrogen and oxygen atoms in total. The third kappa shape index (κ3) is 6.28. The number of hydrogen-bond acceptors (Lipinski definition) is 6. The number of rotatable bonds is 7. The molecule has 0 aromatic heterocycles. The number of anilines is 1. The second kappa shape index (κ2) is 8.99. The standard InChI is InChI=1S/C16H15N3O6/c20-15(17-13-6-8-14(9-7-13)19(22)23)11-25-18-16(21)24-10-12-4-2-1-3-5-12/h1-9H,10-11H2,(H,17,20)(H,18,21). The van der Waals surface area contributed by atoms with E-state index in [0.717, 1.165) is 5.56 Å². The highest BCUT2D eigenvalue weighted by Gasteiger charge is 2.08. The zero-order chi connectivity index (χ0) is 18.1. The molecule has 0 atom stereocenters. The third-order valence-corrected chi connectivity index (χ3v) is 2.93. The van der Waals surface area contributed by atoms with Crippen molar-refractivity contribution in [2.24, 2.45) is 0 Å². The van der Waals surface area contributed by atoms with Crippen molar-refractivity contribution in [2.75, 3.05) is 11.9 Å². The van der Waals surface area contributed by atoms with Gasteiger partial charge in [-0.3, -0.25) is 19.7 Å². The number of hydroxylamine groups is 1. The smallest absolute Gasteiger partial charge is 0.431 e. The number of carbonyl (C=O) groups is 2. The molecule has 9 heteroatoms. The number of benzene rings is 2. The van der Waals surface area contributed by atoms with E-state index in [1.165, 1.54) is 24.3 Å². The molecular formula is C16H15N3O6. The highest BCUT2D eigenvalue weighted by molar-refractivity contribution is 5.91. The molecular weight excluding hydrogens is 330 g/mol. The molecule has 0 fully saturated rings. The second-order valence-corrected chi connectivity index (χ2v) is 4.80. The summed E-state index contributed by atoms with van der Waals surface area (Å²) in [6, 6.07) is 14.4. The molecule has 0 spiro atoms. The molecule has 2 rings (SSSR count). The van der Waals surface area contributed by atoms with Gasteiger partial charge in [-0.2, -0.15) is 5.48 Å². The molecule has 2 N–H and O–H groups in total. The predicted octanol–water partition coefficient (Wildman–Crippen LogP) is 2.39. The van der Waals surface area contributed by atoms with Crippen LogP contribution in [0.3, 0.4) is 0 Å². The van der Waals surface area contributed by atoms with Gasteiger partial charge < -0.3 is 10.1 Å². The molecule has 2 amide bonds. The van der Waals surface area contributed by atoms with Gasteiger partial charge in [0.15, 0.2) is 6.61 Å². The quantitative estimate of drug-likeness (QED) is 0.587. The Morgan fingerprint density at radius 3 is 2.36 bits per heavy atom. The summed E-state index contributed by atoms with van der Waals surface area (Å²) in [5.74, 6) is -0.544. The van der Waals surface area contributed by atoms with E-state index < -0.39 is 23.5 Å². The number of hydrogen-bond donors (Lipinski definition) is 2. The molecule has 0 aliphatic rings. The number of nitro groups is 1. The molecule has 2 aromatic carbocycles. The zero-order valence-corrected chi connectivity index (χ0v) is 13.0. The molecule has 0 unspecified atom stereocenters. The van der Waals surface area contributed by atoms with Gasteiger partial charge in [-0.1, -0.05) is 30.3 Å². The molecule has 0 radical (unpaired) electrons. The minimum Gasteiger partial charge on any atom is -0.443 e. The van der Waals surface area contributed by atoms with Crippen LogP contribution in [0.15, 0.2) is 54.6 Å². The Balaban J connectivity index is 1.66. The van der Waals surface area contributed by atoms with Gasteiger partial charge in [0, 0.05) is 17.8 Å². The molecule has 0 aliphatic heterocycles. The second-order valence-electron chi connectivity index (χ2n) is 4.80. The Hall–Kier alpha value is -3.46. The van der Waals surface area contributed by atoms with Crippen molar-refractivity contribution < 1.29 is 24.1 Å². The van der Waals surface area contributed by atoms with E-state index in [-0.39, 0.29) is 12.3 Å². The predicted molar refractivity (Wildman–Crippen MR) is 87.4 cm³/mol. The van der Waals surface area contributed by atoms with Crippen LogP contribution in [0.4, 0.5) is 16.2 Å². The molecule has 0 saturated heterocycles. The molecule has 2 aromatic rings. The summed E-state index contributed by atoms with van der Waals surface area (Å²) in [4.78, 5) is 37.8. The molecule has 25 heavy (non-hydrogen) atoms. The van der Waals surface area contributed by atoms with Gasteiger partial charge >= 0.3 is 6.09 Å². The van der Waals surface area contributed by atoms with Crippen LogP contribution in [-0.4, -0.2) is 23.5 Å². The highest BCUT2D eigenvalue weighted by atomic mass is 16.7. The largest absolute Gasteiger partial charge is 0.443 e. The summed E-state index contributed by atoms with van der Waals surface area (Å²) in [6.07, 6.45) is -0.827. The summed E-state index contributed by atoms with van der Waals surface area (Å²) in [7, 11) is 0. The third-order valence-electron chi connectivity index (χ3n) is 2.93. The van der Waals surface area contributed by atoms with E-state index in [2.05, 4.69) is 5.32 Å². The molecule has 0 saturated carbocycles. The van der Waals surface area contributed by atoms with E-state index in [4.69, 9.17) is 9.57 Å². The van der Waals surface area contributed by atoms with Crippen molar-refractivity contribution in [3.05, 3.63) is 70.3 Å². The van der Waals surface area contributed by atoms with Gasteiger partial charge in [0.25, 0.3) is 11.6 Å². The molecule has 130 valence electrons. The number of nitro benzene ring substituents is 1. The Bertz CT molecular complexity index is 733.